The third-order valence-electron chi connectivity index (χ3n) is 4.11. The number of benzene rings is 2. The first kappa shape index (κ1) is 17.0. The molecule has 126 valence electrons. The maximum atomic E-state index is 13.2. The third kappa shape index (κ3) is 4.35. The third-order valence-corrected chi connectivity index (χ3v) is 5.10. The fourth-order valence-corrected chi connectivity index (χ4v) is 3.34. The van der Waals surface area contributed by atoms with Crippen molar-refractivity contribution in [3.05, 3.63) is 65.2 Å². The number of hydrogen-bond donors (Lipinski definition) is 1. The Balaban J connectivity index is 1.59. The van der Waals surface area contributed by atoms with Gasteiger partial charge in [-0.3, -0.25) is 4.79 Å². The normalized spacial score (nSPS) is 15.1. The van der Waals surface area contributed by atoms with Crippen LogP contribution in [0, 0.1) is 24.5 Å². The highest BCUT2D eigenvalue weighted by Gasteiger charge is 2.33. The van der Waals surface area contributed by atoms with Crippen molar-refractivity contribution in [3.63, 3.8) is 0 Å². The van der Waals surface area contributed by atoms with Gasteiger partial charge in [-0.15, -0.1) is 11.8 Å². The molecule has 2 aromatic carbocycles. The molecule has 1 N–H and O–H groups in total. The van der Waals surface area contributed by atoms with Crippen molar-refractivity contribution >= 4 is 17.7 Å². The van der Waals surface area contributed by atoms with E-state index in [2.05, 4.69) is 17.4 Å². The van der Waals surface area contributed by atoms with Crippen LogP contribution < -0.4 is 5.32 Å². The van der Waals surface area contributed by atoms with E-state index in [9.17, 15) is 13.6 Å². The van der Waals surface area contributed by atoms with Crippen molar-refractivity contribution in [2.24, 2.45) is 5.92 Å². The van der Waals surface area contributed by atoms with Crippen molar-refractivity contribution in [3.8, 4) is 0 Å². The van der Waals surface area contributed by atoms with Gasteiger partial charge in [0.15, 0.2) is 11.6 Å². The lowest BCUT2D eigenvalue weighted by atomic mass is 10.0. The summed E-state index contributed by atoms with van der Waals surface area (Å²) in [6.07, 6.45) is 2.24. The maximum absolute atomic E-state index is 13.2. The van der Waals surface area contributed by atoms with E-state index in [0.29, 0.717) is 10.8 Å². The molecule has 0 spiro atoms. The predicted octanol–water partition coefficient (Wildman–Crippen LogP) is 4.63. The van der Waals surface area contributed by atoms with Gasteiger partial charge in [0.1, 0.15) is 0 Å². The van der Waals surface area contributed by atoms with Crippen LogP contribution in [-0.2, 0) is 4.79 Å². The Morgan fingerprint density at radius 3 is 2.50 bits per heavy atom. The van der Waals surface area contributed by atoms with Crippen LogP contribution in [0.3, 0.4) is 0 Å². The van der Waals surface area contributed by atoms with Crippen LogP contribution in [0.1, 0.15) is 30.0 Å². The Morgan fingerprint density at radius 1 is 1.17 bits per heavy atom. The topological polar surface area (TPSA) is 29.1 Å². The Hall–Kier alpha value is -1.88. The largest absolute Gasteiger partial charge is 0.348 e. The number of carbonyl (C=O) groups excluding carboxylic acids is 1. The minimum Gasteiger partial charge on any atom is -0.348 e. The Morgan fingerprint density at radius 2 is 1.88 bits per heavy atom. The van der Waals surface area contributed by atoms with Gasteiger partial charge < -0.3 is 5.32 Å². The standard InChI is InChI=1S/C19H19F2NOS/c1-12-2-4-13(5-3-12)19(14-6-7-14)22-18(23)11-24-15-8-9-16(20)17(21)10-15/h2-5,8-10,14,19H,6-7,11H2,1H3,(H,22,23). The first-order valence-corrected chi connectivity index (χ1v) is 8.95. The molecular formula is C19H19F2NOS. The maximum Gasteiger partial charge on any atom is 0.230 e. The van der Waals surface area contributed by atoms with E-state index in [-0.39, 0.29) is 17.7 Å². The minimum absolute atomic E-state index is 0.0312. The zero-order chi connectivity index (χ0) is 17.1. The lowest BCUT2D eigenvalue weighted by molar-refractivity contribution is -0.119. The fraction of sp³-hybridized carbons (Fsp3) is 0.316. The second-order valence-corrected chi connectivity index (χ2v) is 7.21. The van der Waals surface area contributed by atoms with Crippen LogP contribution >= 0.6 is 11.8 Å². The van der Waals surface area contributed by atoms with Crippen LogP contribution in [0.5, 0.6) is 0 Å². The van der Waals surface area contributed by atoms with Gasteiger partial charge in [0.05, 0.1) is 11.8 Å². The second kappa shape index (κ2) is 7.34. The predicted molar refractivity (Wildman–Crippen MR) is 91.9 cm³/mol. The summed E-state index contributed by atoms with van der Waals surface area (Å²) >= 11 is 1.20. The average Bonchev–Trinajstić information content (AvgIpc) is 3.39. The average molecular weight is 347 g/mol. The van der Waals surface area contributed by atoms with Crippen LogP contribution in [0.15, 0.2) is 47.4 Å². The molecule has 1 unspecified atom stereocenters. The molecular weight excluding hydrogens is 328 g/mol. The first-order valence-electron chi connectivity index (χ1n) is 7.97. The van der Waals surface area contributed by atoms with E-state index in [1.165, 1.54) is 23.4 Å². The van der Waals surface area contributed by atoms with Gasteiger partial charge in [0, 0.05) is 4.90 Å². The molecule has 5 heteroatoms. The van der Waals surface area contributed by atoms with Gasteiger partial charge in [0.2, 0.25) is 5.91 Å². The van der Waals surface area contributed by atoms with Gasteiger partial charge in [-0.1, -0.05) is 29.8 Å². The number of rotatable bonds is 6. The monoisotopic (exact) mass is 347 g/mol. The highest BCUT2D eigenvalue weighted by Crippen LogP contribution is 2.41. The second-order valence-electron chi connectivity index (χ2n) is 6.16. The molecule has 0 bridgehead atoms. The highest BCUT2D eigenvalue weighted by molar-refractivity contribution is 8.00. The quantitative estimate of drug-likeness (QED) is 0.772. The molecule has 1 amide bonds. The molecule has 1 saturated carbocycles. The van der Waals surface area contributed by atoms with Crippen molar-refractivity contribution in [2.75, 3.05) is 5.75 Å². The van der Waals surface area contributed by atoms with Crippen LogP contribution in [-0.4, -0.2) is 11.7 Å². The Bertz CT molecular complexity index is 729. The zero-order valence-electron chi connectivity index (χ0n) is 13.4. The number of nitrogens with one attached hydrogen (secondary N) is 1. The molecule has 3 rings (SSSR count). The molecule has 0 heterocycles. The first-order chi connectivity index (χ1) is 11.5. The summed E-state index contributed by atoms with van der Waals surface area (Å²) in [6.45, 7) is 2.03. The SMILES string of the molecule is Cc1ccc(C(NC(=O)CSc2ccc(F)c(F)c2)C2CC2)cc1. The molecule has 24 heavy (non-hydrogen) atoms. The molecule has 0 radical (unpaired) electrons. The summed E-state index contributed by atoms with van der Waals surface area (Å²) in [5.41, 5.74) is 2.31. The van der Waals surface area contributed by atoms with Crippen LogP contribution in [0.4, 0.5) is 8.78 Å². The lowest BCUT2D eigenvalue weighted by Gasteiger charge is -2.19. The van der Waals surface area contributed by atoms with E-state index in [1.54, 1.807) is 0 Å². The molecule has 1 aliphatic rings. The van der Waals surface area contributed by atoms with E-state index in [4.69, 9.17) is 0 Å². The molecule has 2 nitrogen and oxygen atoms in total. The molecule has 0 aliphatic heterocycles. The molecule has 0 aromatic heterocycles. The zero-order valence-corrected chi connectivity index (χ0v) is 14.2. The minimum atomic E-state index is -0.893. The fourth-order valence-electron chi connectivity index (χ4n) is 2.61. The number of halogens is 2. The van der Waals surface area contributed by atoms with Crippen molar-refractivity contribution < 1.29 is 13.6 Å². The summed E-state index contributed by atoms with van der Waals surface area (Å²) in [5, 5.41) is 3.08. The van der Waals surface area contributed by atoms with Gasteiger partial charge >= 0.3 is 0 Å². The van der Waals surface area contributed by atoms with Crippen LogP contribution in [0.25, 0.3) is 0 Å². The lowest BCUT2D eigenvalue weighted by Crippen LogP contribution is -2.31. The van der Waals surface area contributed by atoms with Crippen molar-refractivity contribution in [2.45, 2.75) is 30.7 Å². The summed E-state index contributed by atoms with van der Waals surface area (Å²) in [5.74, 6) is -1.19. The molecule has 1 aliphatic carbocycles. The van der Waals surface area contributed by atoms with Gasteiger partial charge in [-0.05, 0) is 49.4 Å². The smallest absolute Gasteiger partial charge is 0.230 e. The Kier molecular flexibility index (Phi) is 5.19. The highest BCUT2D eigenvalue weighted by atomic mass is 32.2. The number of hydrogen-bond acceptors (Lipinski definition) is 2. The summed E-state index contributed by atoms with van der Waals surface area (Å²) in [6, 6.07) is 11.9. The summed E-state index contributed by atoms with van der Waals surface area (Å²) in [7, 11) is 0. The van der Waals surface area contributed by atoms with E-state index < -0.39 is 11.6 Å². The number of carbonyl (C=O) groups is 1. The number of thioether (sulfide) groups is 1. The number of amides is 1. The molecule has 1 atom stereocenters. The van der Waals surface area contributed by atoms with E-state index >= 15 is 0 Å². The van der Waals surface area contributed by atoms with Gasteiger partial charge in [-0.2, -0.15) is 0 Å². The molecule has 2 aromatic rings. The van der Waals surface area contributed by atoms with Crippen molar-refractivity contribution in [1.29, 1.82) is 0 Å². The van der Waals surface area contributed by atoms with E-state index in [0.717, 1.165) is 30.5 Å². The molecule has 1 fully saturated rings. The summed E-state index contributed by atoms with van der Waals surface area (Å²) < 4.78 is 26.1. The Labute approximate surface area is 144 Å². The van der Waals surface area contributed by atoms with Crippen LogP contribution in [0.2, 0.25) is 0 Å². The molecule has 0 saturated heterocycles. The number of aryl methyl sites for hydroxylation is 1. The van der Waals surface area contributed by atoms with Gasteiger partial charge in [-0.25, -0.2) is 8.78 Å². The summed E-state index contributed by atoms with van der Waals surface area (Å²) in [4.78, 5) is 12.8. The van der Waals surface area contributed by atoms with Gasteiger partial charge in [0.25, 0.3) is 0 Å². The van der Waals surface area contributed by atoms with Crippen molar-refractivity contribution in [1.82, 2.24) is 5.32 Å². The van der Waals surface area contributed by atoms with E-state index in [1.807, 2.05) is 19.1 Å².